The highest BCUT2D eigenvalue weighted by Crippen LogP contribution is 2.24. The molecule has 0 radical (unpaired) electrons. The molecule has 0 fully saturated rings. The van der Waals surface area contributed by atoms with Gasteiger partial charge in [-0.3, -0.25) is 0 Å². The molecule has 0 aromatic rings. The van der Waals surface area contributed by atoms with E-state index in [9.17, 15) is 4.57 Å². The lowest BCUT2D eigenvalue weighted by atomic mass is 10.4. The summed E-state index contributed by atoms with van der Waals surface area (Å²) in [5, 5.41) is 2.84. The third-order valence-corrected chi connectivity index (χ3v) is 2.19. The van der Waals surface area contributed by atoms with Crippen LogP contribution in [0.5, 0.6) is 0 Å². The van der Waals surface area contributed by atoms with Crippen molar-refractivity contribution in [1.29, 1.82) is 0 Å². The van der Waals surface area contributed by atoms with Crippen LogP contribution in [0.4, 0.5) is 0 Å². The molecule has 0 aromatic heterocycles. The molecule has 2 atom stereocenters. The van der Waals surface area contributed by atoms with E-state index >= 15 is 0 Å². The van der Waals surface area contributed by atoms with Crippen LogP contribution in [0, 0.1) is 0 Å². The first-order chi connectivity index (χ1) is 7.74. The Bertz CT molecular complexity index is 182. The highest BCUT2D eigenvalue weighted by molar-refractivity contribution is 7.33. The normalized spacial score (nSPS) is 13.8. The molecule has 0 amide bonds. The second-order valence-corrected chi connectivity index (χ2v) is 3.69. The Balaban J connectivity index is 3.47. The molecule has 7 nitrogen and oxygen atoms in total. The first kappa shape index (κ1) is 15.9. The molecule has 0 rings (SSSR count). The molecule has 1 N–H and O–H groups in total. The monoisotopic (exact) mass is 256 g/mol. The van der Waals surface area contributed by atoms with Gasteiger partial charge in [-0.1, -0.05) is 0 Å². The number of methoxy groups -OCH3 is 2. The molecule has 0 aromatic carbocycles. The Hall–Kier alpha value is -0.140. The fourth-order valence-electron chi connectivity index (χ4n) is 0.760. The minimum atomic E-state index is -2.28. The predicted octanol–water partition coefficient (Wildman–Crippen LogP) is 0.489. The van der Waals surface area contributed by atoms with E-state index in [0.717, 1.165) is 0 Å². The number of likely N-dealkylation sites (N-methyl/N-ethyl adjacent to an activating group) is 1. The number of nitrogens with one attached hydrogen (secondary N) is 1. The summed E-state index contributed by atoms with van der Waals surface area (Å²) in [6.07, 6.45) is -0.273. The smallest absolute Gasteiger partial charge is 0.382 e. The predicted molar refractivity (Wildman–Crippen MR) is 57.2 cm³/mol. The lowest BCUT2D eigenvalue weighted by Crippen LogP contribution is -2.22. The minimum Gasteiger partial charge on any atom is -0.382 e. The summed E-state index contributed by atoms with van der Waals surface area (Å²) in [7, 11) is 2.55. The number of rotatable bonds is 11. The van der Waals surface area contributed by atoms with Crippen molar-refractivity contribution in [3.8, 4) is 0 Å². The molecule has 0 spiro atoms. The molecule has 0 saturated heterocycles. The van der Waals surface area contributed by atoms with Crippen molar-refractivity contribution in [3.63, 3.8) is 0 Å². The van der Waals surface area contributed by atoms with Crippen LogP contribution in [0.25, 0.3) is 0 Å². The fourth-order valence-corrected chi connectivity index (χ4v) is 1.25. The second kappa shape index (κ2) is 11.3. The Labute approximate surface area is 96.2 Å². The summed E-state index contributed by atoms with van der Waals surface area (Å²) in [4.78, 5) is 4.62. The van der Waals surface area contributed by atoms with Crippen LogP contribution >= 0.6 is 8.25 Å². The van der Waals surface area contributed by atoms with E-state index < -0.39 is 8.25 Å². The van der Waals surface area contributed by atoms with Crippen LogP contribution in [0.1, 0.15) is 0 Å². The van der Waals surface area contributed by atoms with E-state index in [1.54, 1.807) is 14.2 Å². The SMILES string of the molecule is CNCCOO[P+](=O)OCC(COC)OC. The molecule has 0 heterocycles. The second-order valence-electron chi connectivity index (χ2n) is 2.83. The lowest BCUT2D eigenvalue weighted by Gasteiger charge is -2.09. The molecule has 0 saturated carbocycles. The van der Waals surface area contributed by atoms with E-state index in [1.807, 2.05) is 0 Å². The molecule has 0 aliphatic heterocycles. The maximum Gasteiger partial charge on any atom is 0.728 e. The third-order valence-electron chi connectivity index (χ3n) is 1.60. The van der Waals surface area contributed by atoms with Crippen molar-refractivity contribution < 1.29 is 28.1 Å². The largest absolute Gasteiger partial charge is 0.728 e. The van der Waals surface area contributed by atoms with Gasteiger partial charge in [-0.15, -0.1) is 4.52 Å². The van der Waals surface area contributed by atoms with Gasteiger partial charge >= 0.3 is 8.25 Å². The summed E-state index contributed by atoms with van der Waals surface area (Å²) in [6, 6.07) is 0. The van der Waals surface area contributed by atoms with Crippen LogP contribution in [0.3, 0.4) is 0 Å². The Kier molecular flexibility index (Phi) is 11.2. The van der Waals surface area contributed by atoms with Crippen molar-refractivity contribution in [2.24, 2.45) is 0 Å². The molecule has 8 heteroatoms. The van der Waals surface area contributed by atoms with E-state index in [-0.39, 0.29) is 12.7 Å². The standard InChI is InChI=1S/C8H19NO6P/c1-9-4-5-13-15-16(10)14-7-8(12-3)6-11-2/h8-9H,4-7H2,1-3H3/q+1. The van der Waals surface area contributed by atoms with Crippen LogP contribution in [0.15, 0.2) is 0 Å². The molecular formula is C8H19NO6P+. The maximum absolute atomic E-state index is 11.1. The molecule has 2 unspecified atom stereocenters. The molecule has 0 aliphatic rings. The van der Waals surface area contributed by atoms with Gasteiger partial charge in [0.2, 0.25) is 0 Å². The van der Waals surface area contributed by atoms with Gasteiger partial charge in [-0.2, -0.15) is 4.89 Å². The van der Waals surface area contributed by atoms with E-state index in [1.165, 1.54) is 7.11 Å². The summed E-state index contributed by atoms with van der Waals surface area (Å²) in [6.45, 7) is 1.38. The highest BCUT2D eigenvalue weighted by atomic mass is 31.1. The summed E-state index contributed by atoms with van der Waals surface area (Å²) in [5.74, 6) is 0. The van der Waals surface area contributed by atoms with Gasteiger partial charge in [-0.05, 0) is 7.05 Å². The van der Waals surface area contributed by atoms with E-state index in [0.29, 0.717) is 19.8 Å². The van der Waals surface area contributed by atoms with Gasteiger partial charge in [0.15, 0.2) is 0 Å². The molecule has 0 bridgehead atoms. The van der Waals surface area contributed by atoms with Crippen molar-refractivity contribution in [3.05, 3.63) is 0 Å². The quantitative estimate of drug-likeness (QED) is 0.249. The van der Waals surface area contributed by atoms with Crippen LogP contribution in [-0.4, -0.2) is 53.7 Å². The lowest BCUT2D eigenvalue weighted by molar-refractivity contribution is -0.208. The van der Waals surface area contributed by atoms with Crippen molar-refractivity contribution in [2.75, 3.05) is 47.6 Å². The fraction of sp³-hybridized carbons (Fsp3) is 1.00. The zero-order valence-electron chi connectivity index (χ0n) is 9.80. The zero-order chi connectivity index (χ0) is 12.2. The first-order valence-corrected chi connectivity index (χ1v) is 5.90. The Morgan fingerprint density at radius 2 is 2.06 bits per heavy atom. The van der Waals surface area contributed by atoms with E-state index in [2.05, 4.69) is 14.9 Å². The Morgan fingerprint density at radius 3 is 2.62 bits per heavy atom. The average molecular weight is 256 g/mol. The number of hydrogen-bond donors (Lipinski definition) is 1. The molecular weight excluding hydrogens is 237 g/mol. The third kappa shape index (κ3) is 9.11. The van der Waals surface area contributed by atoms with Gasteiger partial charge in [0.05, 0.1) is 17.9 Å². The minimum absolute atomic E-state index is 0.120. The molecule has 16 heavy (non-hydrogen) atoms. The van der Waals surface area contributed by atoms with Crippen molar-refractivity contribution >= 4 is 8.25 Å². The van der Waals surface area contributed by atoms with Gasteiger partial charge in [0.25, 0.3) is 0 Å². The number of hydrogen-bond acceptors (Lipinski definition) is 7. The van der Waals surface area contributed by atoms with E-state index in [4.69, 9.17) is 14.0 Å². The number of ether oxygens (including phenoxy) is 2. The summed E-state index contributed by atoms with van der Waals surface area (Å²) in [5.41, 5.74) is 0. The maximum atomic E-state index is 11.1. The van der Waals surface area contributed by atoms with Crippen LogP contribution in [-0.2, 0) is 28.1 Å². The molecule has 96 valence electrons. The first-order valence-electron chi connectivity index (χ1n) is 4.80. The van der Waals surface area contributed by atoms with Gasteiger partial charge in [0.1, 0.15) is 12.7 Å². The topological polar surface area (TPSA) is 75.3 Å². The van der Waals surface area contributed by atoms with Crippen molar-refractivity contribution in [1.82, 2.24) is 5.32 Å². The van der Waals surface area contributed by atoms with Crippen molar-refractivity contribution in [2.45, 2.75) is 6.10 Å². The van der Waals surface area contributed by atoms with Crippen LogP contribution < -0.4 is 5.32 Å². The van der Waals surface area contributed by atoms with Gasteiger partial charge in [-0.25, -0.2) is 0 Å². The summed E-state index contributed by atoms with van der Waals surface area (Å²) < 4.78 is 30.3. The van der Waals surface area contributed by atoms with Gasteiger partial charge in [0, 0.05) is 25.3 Å². The molecule has 0 aliphatic carbocycles. The summed E-state index contributed by atoms with van der Waals surface area (Å²) >= 11 is 0. The average Bonchev–Trinajstić information content (AvgIpc) is 2.30. The van der Waals surface area contributed by atoms with Crippen LogP contribution in [0.2, 0.25) is 0 Å². The highest BCUT2D eigenvalue weighted by Gasteiger charge is 2.24. The Morgan fingerprint density at radius 1 is 1.31 bits per heavy atom. The zero-order valence-corrected chi connectivity index (χ0v) is 10.7. The van der Waals surface area contributed by atoms with Gasteiger partial charge < -0.3 is 14.8 Å².